The molecule has 5 nitrogen and oxygen atoms in total. The normalized spacial score (nSPS) is 12.0. The van der Waals surface area contributed by atoms with Crippen molar-refractivity contribution in [3.05, 3.63) is 17.8 Å². The van der Waals surface area contributed by atoms with Crippen LogP contribution in [-0.2, 0) is 4.74 Å². The number of anilines is 2. The number of thioether (sulfide) groups is 1. The Kier molecular flexibility index (Phi) is 5.95. The zero-order valence-corrected chi connectivity index (χ0v) is 12.7. The van der Waals surface area contributed by atoms with Crippen LogP contribution in [0, 0.1) is 0 Å². The summed E-state index contributed by atoms with van der Waals surface area (Å²) in [5.74, 6) is 1.17. The number of esters is 1. The first-order valence-corrected chi connectivity index (χ1v) is 7.55. The number of ether oxygens (including phenoxy) is 1. The predicted molar refractivity (Wildman–Crippen MR) is 80.9 cm³/mol. The maximum Gasteiger partial charge on any atom is 0.340 e. The number of hydrogen-bond acceptors (Lipinski definition) is 6. The summed E-state index contributed by atoms with van der Waals surface area (Å²) in [6.07, 6.45) is 3.64. The molecule has 0 aliphatic carbocycles. The molecular weight excluding hydrogens is 262 g/mol. The molecule has 1 aromatic heterocycles. The van der Waals surface area contributed by atoms with E-state index < -0.39 is 5.97 Å². The van der Waals surface area contributed by atoms with Gasteiger partial charge in [0.1, 0.15) is 0 Å². The molecule has 1 rings (SSSR count). The first-order chi connectivity index (χ1) is 9.02. The van der Waals surface area contributed by atoms with E-state index >= 15 is 0 Å². The molecule has 0 amide bonds. The van der Waals surface area contributed by atoms with Gasteiger partial charge >= 0.3 is 5.97 Å². The Bertz CT molecular complexity index is 440. The first kappa shape index (κ1) is 15.6. The topological polar surface area (TPSA) is 68.5 Å². The third-order valence-corrected chi connectivity index (χ3v) is 3.68. The highest BCUT2D eigenvalue weighted by Crippen LogP contribution is 2.25. The summed E-state index contributed by atoms with van der Waals surface area (Å²) in [5, 5.41) is 0. The third kappa shape index (κ3) is 3.76. The summed E-state index contributed by atoms with van der Waals surface area (Å²) in [6.45, 7) is 4.19. The second-order valence-electron chi connectivity index (χ2n) is 4.23. The number of nitrogen functional groups attached to an aromatic ring is 1. The first-order valence-electron chi connectivity index (χ1n) is 6.16. The molecule has 0 radical (unpaired) electrons. The van der Waals surface area contributed by atoms with E-state index in [0.29, 0.717) is 23.7 Å². The molecule has 0 aliphatic rings. The SMILES string of the molecule is CCOC(=O)c1ccnc(N(C)C(C)CSC)c1N. The number of nitrogens with two attached hydrogens (primary N) is 1. The summed E-state index contributed by atoms with van der Waals surface area (Å²) in [4.78, 5) is 18.0. The number of carbonyl (C=O) groups excluding carboxylic acids is 1. The predicted octanol–water partition coefficient (Wildman–Crippen LogP) is 2.03. The van der Waals surface area contributed by atoms with Gasteiger partial charge in [-0.15, -0.1) is 0 Å². The van der Waals surface area contributed by atoms with Crippen LogP contribution >= 0.6 is 11.8 Å². The Morgan fingerprint density at radius 2 is 2.32 bits per heavy atom. The van der Waals surface area contributed by atoms with Gasteiger partial charge in [0.25, 0.3) is 0 Å². The van der Waals surface area contributed by atoms with Crippen LogP contribution < -0.4 is 10.6 Å². The summed E-state index contributed by atoms with van der Waals surface area (Å²) in [6, 6.07) is 1.87. The summed E-state index contributed by atoms with van der Waals surface area (Å²) in [5.41, 5.74) is 6.78. The van der Waals surface area contributed by atoms with Gasteiger partial charge in [0.2, 0.25) is 0 Å². The highest BCUT2D eigenvalue weighted by atomic mass is 32.2. The van der Waals surface area contributed by atoms with Gasteiger partial charge in [-0.05, 0) is 26.2 Å². The Labute approximate surface area is 118 Å². The minimum absolute atomic E-state index is 0.280. The molecule has 0 fully saturated rings. The molecule has 106 valence electrons. The molecule has 1 heterocycles. The number of nitrogens with zero attached hydrogens (tertiary/aromatic N) is 2. The standard InChI is InChI=1S/C13H21N3O2S/c1-5-18-13(17)10-6-7-15-12(11(10)14)16(3)9(2)8-19-4/h6-7,9H,5,8,14H2,1-4H3. The summed E-state index contributed by atoms with van der Waals surface area (Å²) in [7, 11) is 1.93. The summed E-state index contributed by atoms with van der Waals surface area (Å²) >= 11 is 1.76. The highest BCUT2D eigenvalue weighted by Gasteiger charge is 2.19. The maximum absolute atomic E-state index is 11.8. The van der Waals surface area contributed by atoms with Crippen molar-refractivity contribution < 1.29 is 9.53 Å². The van der Waals surface area contributed by atoms with Crippen LogP contribution in [0.25, 0.3) is 0 Å². The van der Waals surface area contributed by atoms with Crippen LogP contribution in [0.5, 0.6) is 0 Å². The van der Waals surface area contributed by atoms with Gasteiger partial charge in [-0.25, -0.2) is 9.78 Å². The van der Waals surface area contributed by atoms with E-state index in [2.05, 4.69) is 18.2 Å². The van der Waals surface area contributed by atoms with Crippen LogP contribution in [0.15, 0.2) is 12.3 Å². The molecule has 1 unspecified atom stereocenters. The van der Waals surface area contributed by atoms with Crippen molar-refractivity contribution in [2.75, 3.05) is 36.3 Å². The van der Waals surface area contributed by atoms with Crippen molar-refractivity contribution in [3.8, 4) is 0 Å². The molecule has 19 heavy (non-hydrogen) atoms. The lowest BCUT2D eigenvalue weighted by molar-refractivity contribution is 0.0527. The molecule has 6 heteroatoms. The fourth-order valence-corrected chi connectivity index (χ4v) is 2.40. The van der Waals surface area contributed by atoms with E-state index in [9.17, 15) is 4.79 Å². The van der Waals surface area contributed by atoms with Gasteiger partial charge in [0.05, 0.1) is 17.9 Å². The van der Waals surface area contributed by atoms with Gasteiger partial charge in [0.15, 0.2) is 5.82 Å². The molecule has 1 aromatic rings. The quantitative estimate of drug-likeness (QED) is 0.806. The number of hydrogen-bond donors (Lipinski definition) is 1. The van der Waals surface area contributed by atoms with Gasteiger partial charge in [0, 0.05) is 25.0 Å². The zero-order chi connectivity index (χ0) is 14.4. The van der Waals surface area contributed by atoms with Crippen molar-refractivity contribution in [1.82, 2.24) is 4.98 Å². The van der Waals surface area contributed by atoms with Crippen molar-refractivity contribution in [1.29, 1.82) is 0 Å². The van der Waals surface area contributed by atoms with Gasteiger partial charge in [-0.3, -0.25) is 0 Å². The average molecular weight is 283 g/mol. The fourth-order valence-electron chi connectivity index (χ4n) is 1.69. The molecule has 0 bridgehead atoms. The van der Waals surface area contributed by atoms with E-state index in [1.807, 2.05) is 11.9 Å². The lowest BCUT2D eigenvalue weighted by Gasteiger charge is -2.26. The minimum atomic E-state index is -0.408. The summed E-state index contributed by atoms with van der Waals surface area (Å²) < 4.78 is 4.98. The number of carbonyl (C=O) groups is 1. The molecular formula is C13H21N3O2S. The number of rotatable bonds is 6. The fraction of sp³-hybridized carbons (Fsp3) is 0.538. The van der Waals surface area contributed by atoms with E-state index in [1.165, 1.54) is 0 Å². The largest absolute Gasteiger partial charge is 0.462 e. The van der Waals surface area contributed by atoms with Crippen molar-refractivity contribution in [2.45, 2.75) is 19.9 Å². The average Bonchev–Trinajstić information content (AvgIpc) is 2.38. The van der Waals surface area contributed by atoms with Gasteiger partial charge < -0.3 is 15.4 Å². The number of pyridine rings is 1. The van der Waals surface area contributed by atoms with Gasteiger partial charge in [-0.1, -0.05) is 0 Å². The molecule has 1 atom stereocenters. The molecule has 0 saturated carbocycles. The Morgan fingerprint density at radius 3 is 2.89 bits per heavy atom. The number of aromatic nitrogens is 1. The Balaban J connectivity index is 3.03. The van der Waals surface area contributed by atoms with E-state index in [4.69, 9.17) is 10.5 Å². The second kappa shape index (κ2) is 7.23. The lowest BCUT2D eigenvalue weighted by atomic mass is 10.2. The lowest BCUT2D eigenvalue weighted by Crippen LogP contribution is -2.32. The molecule has 2 N–H and O–H groups in total. The van der Waals surface area contributed by atoms with E-state index in [0.717, 1.165) is 5.75 Å². The molecule has 0 aliphatic heterocycles. The second-order valence-corrected chi connectivity index (χ2v) is 5.14. The zero-order valence-electron chi connectivity index (χ0n) is 11.8. The monoisotopic (exact) mass is 283 g/mol. The Hall–Kier alpha value is -1.43. The maximum atomic E-state index is 11.8. The van der Waals surface area contributed by atoms with Crippen LogP contribution in [0.4, 0.5) is 11.5 Å². The van der Waals surface area contributed by atoms with E-state index in [1.54, 1.807) is 30.9 Å². The van der Waals surface area contributed by atoms with E-state index in [-0.39, 0.29) is 6.04 Å². The van der Waals surface area contributed by atoms with Crippen molar-refractivity contribution in [2.24, 2.45) is 0 Å². The molecule has 0 aromatic carbocycles. The van der Waals surface area contributed by atoms with Crippen LogP contribution in [0.1, 0.15) is 24.2 Å². The highest BCUT2D eigenvalue weighted by molar-refractivity contribution is 7.98. The molecule has 0 saturated heterocycles. The van der Waals surface area contributed by atoms with Crippen LogP contribution in [0.3, 0.4) is 0 Å². The third-order valence-electron chi connectivity index (χ3n) is 2.87. The van der Waals surface area contributed by atoms with Crippen LogP contribution in [0.2, 0.25) is 0 Å². The molecule has 0 spiro atoms. The smallest absolute Gasteiger partial charge is 0.340 e. The van der Waals surface area contributed by atoms with Gasteiger partial charge in [-0.2, -0.15) is 11.8 Å². The minimum Gasteiger partial charge on any atom is -0.462 e. The van der Waals surface area contributed by atoms with Crippen molar-refractivity contribution in [3.63, 3.8) is 0 Å². The van der Waals surface area contributed by atoms with Crippen molar-refractivity contribution >= 4 is 29.2 Å². The van der Waals surface area contributed by atoms with Crippen LogP contribution in [-0.4, -0.2) is 42.7 Å². The Morgan fingerprint density at radius 1 is 1.63 bits per heavy atom.